The first-order valence-corrected chi connectivity index (χ1v) is 3.82. The summed E-state index contributed by atoms with van der Waals surface area (Å²) in [6.07, 6.45) is 0. The molecular weight excluding hydrogens is 170 g/mol. The molecule has 5 heteroatoms. The van der Waals surface area contributed by atoms with Gasteiger partial charge in [-0.05, 0) is 13.8 Å². The summed E-state index contributed by atoms with van der Waals surface area (Å²) in [7, 11) is 1.69. The van der Waals surface area contributed by atoms with Gasteiger partial charge < -0.3 is 10.4 Å². The number of nitrogens with one attached hydrogen (secondary N) is 1. The average Bonchev–Trinajstić information content (AvgIpc) is 2.02. The highest BCUT2D eigenvalue weighted by Gasteiger charge is 2.13. The Morgan fingerprint density at radius 1 is 1.31 bits per heavy atom. The fourth-order valence-electron chi connectivity index (χ4n) is 1.14. The molecule has 0 atom stereocenters. The van der Waals surface area contributed by atoms with Crippen LogP contribution in [0.25, 0.3) is 0 Å². The lowest BCUT2D eigenvalue weighted by molar-refractivity contribution is 0.0694. The zero-order valence-electron chi connectivity index (χ0n) is 7.75. The number of carbonyl (C=O) groups is 1. The van der Waals surface area contributed by atoms with Crippen molar-refractivity contribution in [1.82, 2.24) is 9.97 Å². The summed E-state index contributed by atoms with van der Waals surface area (Å²) < 4.78 is 0. The number of aryl methyl sites for hydroxylation is 2. The Kier molecular flexibility index (Phi) is 2.46. The van der Waals surface area contributed by atoms with Crippen molar-refractivity contribution < 1.29 is 9.90 Å². The fourth-order valence-corrected chi connectivity index (χ4v) is 1.14. The highest BCUT2D eigenvalue weighted by Crippen LogP contribution is 2.11. The van der Waals surface area contributed by atoms with E-state index in [1.54, 1.807) is 20.9 Å². The Hall–Kier alpha value is -1.65. The largest absolute Gasteiger partial charge is 0.478 e. The monoisotopic (exact) mass is 181 g/mol. The summed E-state index contributed by atoms with van der Waals surface area (Å²) in [6, 6.07) is 0. The van der Waals surface area contributed by atoms with E-state index in [1.165, 1.54) is 0 Å². The highest BCUT2D eigenvalue weighted by molar-refractivity contribution is 5.90. The quantitative estimate of drug-likeness (QED) is 0.706. The maximum absolute atomic E-state index is 10.7. The van der Waals surface area contributed by atoms with E-state index in [2.05, 4.69) is 15.3 Å². The topological polar surface area (TPSA) is 75.1 Å². The molecule has 0 saturated heterocycles. The fraction of sp³-hybridized carbons (Fsp3) is 0.375. The minimum Gasteiger partial charge on any atom is -0.478 e. The van der Waals surface area contributed by atoms with Crippen LogP contribution in [0.5, 0.6) is 0 Å². The molecule has 0 bridgehead atoms. The number of hydrogen-bond donors (Lipinski definition) is 2. The molecule has 1 rings (SSSR count). The molecule has 1 heterocycles. The Labute approximate surface area is 75.8 Å². The second-order valence-electron chi connectivity index (χ2n) is 2.65. The van der Waals surface area contributed by atoms with Gasteiger partial charge in [0.15, 0.2) is 0 Å². The highest BCUT2D eigenvalue weighted by atomic mass is 16.4. The van der Waals surface area contributed by atoms with E-state index in [1.807, 2.05) is 0 Å². The first-order valence-electron chi connectivity index (χ1n) is 3.82. The van der Waals surface area contributed by atoms with Crippen molar-refractivity contribution in [2.24, 2.45) is 0 Å². The molecule has 0 radical (unpaired) electrons. The minimum atomic E-state index is -0.988. The van der Waals surface area contributed by atoms with Gasteiger partial charge in [-0.25, -0.2) is 14.8 Å². The molecular formula is C8H11N3O2. The predicted molar refractivity (Wildman–Crippen MR) is 48.0 cm³/mol. The number of aromatic carboxylic acids is 1. The van der Waals surface area contributed by atoms with Crippen LogP contribution in [0.4, 0.5) is 5.95 Å². The van der Waals surface area contributed by atoms with Crippen molar-refractivity contribution in [3.8, 4) is 0 Å². The van der Waals surface area contributed by atoms with Gasteiger partial charge in [0.1, 0.15) is 5.56 Å². The smallest absolute Gasteiger partial charge is 0.339 e. The van der Waals surface area contributed by atoms with Crippen molar-refractivity contribution in [1.29, 1.82) is 0 Å². The van der Waals surface area contributed by atoms with Gasteiger partial charge in [-0.1, -0.05) is 0 Å². The second kappa shape index (κ2) is 3.38. The molecule has 0 fully saturated rings. The molecule has 0 aromatic carbocycles. The van der Waals surface area contributed by atoms with E-state index in [9.17, 15) is 4.79 Å². The summed E-state index contributed by atoms with van der Waals surface area (Å²) in [5, 5.41) is 11.6. The van der Waals surface area contributed by atoms with Crippen LogP contribution < -0.4 is 5.32 Å². The number of anilines is 1. The van der Waals surface area contributed by atoms with Crippen molar-refractivity contribution in [3.05, 3.63) is 17.0 Å². The maximum atomic E-state index is 10.7. The molecule has 0 amide bonds. The predicted octanol–water partition coefficient (Wildman–Crippen LogP) is 0.833. The SMILES string of the molecule is CNc1nc(C)c(C(=O)O)c(C)n1. The van der Waals surface area contributed by atoms with Crippen molar-refractivity contribution in [2.75, 3.05) is 12.4 Å². The van der Waals surface area contributed by atoms with Gasteiger partial charge in [-0.15, -0.1) is 0 Å². The molecule has 0 saturated carbocycles. The summed E-state index contributed by atoms with van der Waals surface area (Å²) in [4.78, 5) is 18.7. The molecule has 0 aliphatic heterocycles. The molecule has 70 valence electrons. The summed E-state index contributed by atoms with van der Waals surface area (Å²) in [5.74, 6) is -0.544. The lowest BCUT2D eigenvalue weighted by atomic mass is 10.2. The number of rotatable bonds is 2. The van der Waals surface area contributed by atoms with Gasteiger partial charge in [0.2, 0.25) is 5.95 Å². The number of hydrogen-bond acceptors (Lipinski definition) is 4. The average molecular weight is 181 g/mol. The van der Waals surface area contributed by atoms with Crippen LogP contribution in [0, 0.1) is 13.8 Å². The maximum Gasteiger partial charge on any atom is 0.339 e. The van der Waals surface area contributed by atoms with Gasteiger partial charge in [-0.2, -0.15) is 0 Å². The van der Waals surface area contributed by atoms with Crippen LogP contribution in [0.1, 0.15) is 21.7 Å². The molecule has 1 aromatic rings. The number of carboxylic acids is 1. The molecule has 0 unspecified atom stereocenters. The van der Waals surface area contributed by atoms with Crippen LogP contribution in [0.2, 0.25) is 0 Å². The Bertz CT molecular complexity index is 326. The van der Waals surface area contributed by atoms with Crippen LogP contribution in [0.15, 0.2) is 0 Å². The van der Waals surface area contributed by atoms with Crippen molar-refractivity contribution >= 4 is 11.9 Å². The zero-order chi connectivity index (χ0) is 10.0. The Morgan fingerprint density at radius 3 is 2.08 bits per heavy atom. The van der Waals surface area contributed by atoms with Gasteiger partial charge >= 0.3 is 5.97 Å². The van der Waals surface area contributed by atoms with Gasteiger partial charge in [0.25, 0.3) is 0 Å². The molecule has 13 heavy (non-hydrogen) atoms. The van der Waals surface area contributed by atoms with E-state index in [4.69, 9.17) is 5.11 Å². The van der Waals surface area contributed by atoms with Crippen LogP contribution in [-0.2, 0) is 0 Å². The van der Waals surface area contributed by atoms with Crippen molar-refractivity contribution in [3.63, 3.8) is 0 Å². The second-order valence-corrected chi connectivity index (χ2v) is 2.65. The first kappa shape index (κ1) is 9.44. The molecule has 5 nitrogen and oxygen atoms in total. The lowest BCUT2D eigenvalue weighted by Gasteiger charge is -2.05. The molecule has 0 aliphatic carbocycles. The number of carboxylic acid groups (broad SMARTS) is 1. The normalized spacial score (nSPS) is 9.77. The Balaban J connectivity index is 3.31. The van der Waals surface area contributed by atoms with E-state index in [0.717, 1.165) is 0 Å². The molecule has 0 aliphatic rings. The van der Waals surface area contributed by atoms with E-state index >= 15 is 0 Å². The summed E-state index contributed by atoms with van der Waals surface area (Å²) >= 11 is 0. The number of aromatic nitrogens is 2. The third kappa shape index (κ3) is 1.74. The zero-order valence-corrected chi connectivity index (χ0v) is 7.75. The van der Waals surface area contributed by atoms with Gasteiger partial charge in [-0.3, -0.25) is 0 Å². The van der Waals surface area contributed by atoms with Gasteiger partial charge in [0.05, 0.1) is 11.4 Å². The number of nitrogens with zero attached hydrogens (tertiary/aromatic N) is 2. The van der Waals surface area contributed by atoms with E-state index in [-0.39, 0.29) is 5.56 Å². The first-order chi connectivity index (χ1) is 6.06. The van der Waals surface area contributed by atoms with Gasteiger partial charge in [0, 0.05) is 7.05 Å². The molecule has 2 N–H and O–H groups in total. The Morgan fingerprint density at radius 2 is 1.77 bits per heavy atom. The van der Waals surface area contributed by atoms with Crippen LogP contribution in [0.3, 0.4) is 0 Å². The van der Waals surface area contributed by atoms with E-state index in [0.29, 0.717) is 17.3 Å². The van der Waals surface area contributed by atoms with Crippen molar-refractivity contribution in [2.45, 2.75) is 13.8 Å². The molecule has 1 aromatic heterocycles. The molecule has 0 spiro atoms. The van der Waals surface area contributed by atoms with Crippen LogP contribution >= 0.6 is 0 Å². The van der Waals surface area contributed by atoms with E-state index < -0.39 is 5.97 Å². The summed E-state index contributed by atoms with van der Waals surface area (Å²) in [5.41, 5.74) is 1.13. The minimum absolute atomic E-state index is 0.180. The van der Waals surface area contributed by atoms with Crippen LogP contribution in [-0.4, -0.2) is 28.1 Å². The standard InChI is InChI=1S/C8H11N3O2/c1-4-6(7(12)13)5(2)11-8(9-3)10-4/h1-3H3,(H,12,13)(H,9,10,11). The third-order valence-electron chi connectivity index (χ3n) is 1.71. The third-order valence-corrected chi connectivity index (χ3v) is 1.71. The lowest BCUT2D eigenvalue weighted by Crippen LogP contribution is -2.09. The summed E-state index contributed by atoms with van der Waals surface area (Å²) in [6.45, 7) is 3.30.